The lowest BCUT2D eigenvalue weighted by atomic mass is 9.74. The smallest absolute Gasteiger partial charge is 0.287 e. The van der Waals surface area contributed by atoms with E-state index in [9.17, 15) is 13.2 Å². The van der Waals surface area contributed by atoms with Crippen LogP contribution in [0.25, 0.3) is 0 Å². The van der Waals surface area contributed by atoms with Gasteiger partial charge in [0.15, 0.2) is 5.76 Å². The number of nitrogens with zero attached hydrogens (tertiary/aromatic N) is 1. The molecule has 0 bridgehead atoms. The summed E-state index contributed by atoms with van der Waals surface area (Å²) in [7, 11) is -3.68. The molecule has 152 valence electrons. The van der Waals surface area contributed by atoms with E-state index in [1.165, 1.54) is 16.4 Å². The van der Waals surface area contributed by atoms with E-state index < -0.39 is 15.9 Å². The van der Waals surface area contributed by atoms with Crippen LogP contribution < -0.4 is 5.32 Å². The first-order valence-electron chi connectivity index (χ1n) is 9.66. The zero-order valence-corrected chi connectivity index (χ0v) is 17.3. The van der Waals surface area contributed by atoms with Gasteiger partial charge in [-0.05, 0) is 49.8 Å². The number of sulfonamides is 1. The lowest BCUT2D eigenvalue weighted by Gasteiger charge is -2.34. The van der Waals surface area contributed by atoms with E-state index >= 15 is 0 Å². The molecule has 28 heavy (non-hydrogen) atoms. The van der Waals surface area contributed by atoms with Crippen molar-refractivity contribution in [2.24, 2.45) is 5.41 Å². The van der Waals surface area contributed by atoms with Gasteiger partial charge < -0.3 is 14.2 Å². The van der Waals surface area contributed by atoms with E-state index in [1.54, 1.807) is 0 Å². The molecule has 0 aromatic carbocycles. The van der Waals surface area contributed by atoms with Crippen LogP contribution in [0.2, 0.25) is 0 Å². The van der Waals surface area contributed by atoms with E-state index in [4.69, 9.17) is 8.83 Å². The molecule has 0 unspecified atom stereocenters. The molecular weight excluding hydrogens is 380 g/mol. The number of aryl methyl sites for hydroxylation is 1. The summed E-state index contributed by atoms with van der Waals surface area (Å²) in [4.78, 5) is 12.8. The second-order valence-corrected chi connectivity index (χ2v) is 10.4. The third-order valence-electron chi connectivity index (χ3n) is 5.51. The molecule has 2 aromatic heterocycles. The van der Waals surface area contributed by atoms with Crippen LogP contribution in [0.3, 0.4) is 0 Å². The van der Waals surface area contributed by atoms with E-state index in [1.807, 2.05) is 13.0 Å². The number of carbonyl (C=O) groups is 1. The van der Waals surface area contributed by atoms with Crippen LogP contribution in [-0.2, 0) is 16.4 Å². The minimum Gasteiger partial charge on any atom is -0.466 e. The quantitative estimate of drug-likeness (QED) is 0.840. The monoisotopic (exact) mass is 406 g/mol. The van der Waals surface area contributed by atoms with Crippen LogP contribution in [0, 0.1) is 12.3 Å². The fourth-order valence-electron chi connectivity index (χ4n) is 4.18. The largest absolute Gasteiger partial charge is 0.466 e. The summed E-state index contributed by atoms with van der Waals surface area (Å²) in [6.45, 7) is 7.15. The average molecular weight is 407 g/mol. The first kappa shape index (κ1) is 19.3. The maximum atomic E-state index is 12.8. The molecule has 0 spiro atoms. The maximum absolute atomic E-state index is 12.8. The number of carbonyl (C=O) groups excluding carboxylic acids is 1. The lowest BCUT2D eigenvalue weighted by Crippen LogP contribution is -2.35. The van der Waals surface area contributed by atoms with E-state index in [0.29, 0.717) is 13.1 Å². The number of furan rings is 2. The molecule has 1 fully saturated rings. The van der Waals surface area contributed by atoms with Crippen molar-refractivity contribution in [2.75, 3.05) is 13.1 Å². The van der Waals surface area contributed by atoms with E-state index in [2.05, 4.69) is 19.2 Å². The Morgan fingerprint density at radius 1 is 1.21 bits per heavy atom. The van der Waals surface area contributed by atoms with Crippen LogP contribution in [0.15, 0.2) is 32.1 Å². The summed E-state index contributed by atoms with van der Waals surface area (Å²) in [5.41, 5.74) is 0.976. The van der Waals surface area contributed by atoms with Gasteiger partial charge in [0.1, 0.15) is 11.5 Å². The zero-order valence-electron chi connectivity index (χ0n) is 16.4. The highest BCUT2D eigenvalue weighted by molar-refractivity contribution is 7.89. The highest BCUT2D eigenvalue weighted by Crippen LogP contribution is 2.42. The molecule has 0 radical (unpaired) electrons. The third-order valence-corrected chi connectivity index (χ3v) is 7.28. The van der Waals surface area contributed by atoms with Gasteiger partial charge in [0.25, 0.3) is 15.9 Å². The van der Waals surface area contributed by atoms with Gasteiger partial charge >= 0.3 is 0 Å². The van der Waals surface area contributed by atoms with Gasteiger partial charge in [0.2, 0.25) is 5.09 Å². The Bertz CT molecular complexity index is 996. The molecule has 1 aliphatic carbocycles. The topological polar surface area (TPSA) is 92.8 Å². The fourth-order valence-corrected chi connectivity index (χ4v) is 5.61. The number of hydrogen-bond acceptors (Lipinski definition) is 5. The molecule has 8 heteroatoms. The molecule has 1 saturated heterocycles. The van der Waals surface area contributed by atoms with Crippen LogP contribution in [0.4, 0.5) is 0 Å². The van der Waals surface area contributed by atoms with Crippen molar-refractivity contribution in [1.82, 2.24) is 9.62 Å². The Balaban J connectivity index is 1.54. The minimum atomic E-state index is -3.68. The van der Waals surface area contributed by atoms with Gasteiger partial charge in [-0.2, -0.15) is 4.31 Å². The molecule has 1 N–H and O–H groups in total. The standard InChI is InChI=1S/C20H26N2O5S/c1-13-10-14-15(11-20(2,3)12-17(14)26-13)21-19(23)16-6-7-18(27-16)28(24,25)22-8-4-5-9-22/h6-7,10,15H,4-5,8-9,11-12H2,1-3H3,(H,21,23)/t15-/m0/s1. The van der Waals surface area contributed by atoms with Gasteiger partial charge in [-0.15, -0.1) is 0 Å². The van der Waals surface area contributed by atoms with Crippen LogP contribution in [0.5, 0.6) is 0 Å². The zero-order chi connectivity index (χ0) is 20.1. The van der Waals surface area contributed by atoms with Crippen molar-refractivity contribution in [3.05, 3.63) is 41.0 Å². The van der Waals surface area contributed by atoms with Crippen LogP contribution in [0.1, 0.15) is 66.8 Å². The number of fused-ring (bicyclic) bond motifs is 1. The normalized spacial score (nSPS) is 22.2. The van der Waals surface area contributed by atoms with E-state index in [0.717, 1.165) is 42.8 Å². The average Bonchev–Trinajstić information content (AvgIpc) is 3.34. The van der Waals surface area contributed by atoms with Crippen molar-refractivity contribution in [3.8, 4) is 0 Å². The Kier molecular flexibility index (Phi) is 4.66. The van der Waals surface area contributed by atoms with Crippen LogP contribution >= 0.6 is 0 Å². The Labute approximate surface area is 165 Å². The Hall–Kier alpha value is -2.06. The van der Waals surface area contributed by atoms with Gasteiger partial charge in [-0.3, -0.25) is 4.79 Å². The van der Waals surface area contributed by atoms with Crippen LogP contribution in [-0.4, -0.2) is 31.7 Å². The maximum Gasteiger partial charge on any atom is 0.287 e. The van der Waals surface area contributed by atoms with Crippen molar-refractivity contribution in [1.29, 1.82) is 0 Å². The fraction of sp³-hybridized carbons (Fsp3) is 0.550. The first-order valence-corrected chi connectivity index (χ1v) is 11.1. The van der Waals surface area contributed by atoms with Crippen molar-refractivity contribution < 1.29 is 22.0 Å². The lowest BCUT2D eigenvalue weighted by molar-refractivity contribution is 0.0883. The predicted octanol–water partition coefficient (Wildman–Crippen LogP) is 3.41. The van der Waals surface area contributed by atoms with Gasteiger partial charge in [0.05, 0.1) is 6.04 Å². The first-order chi connectivity index (χ1) is 13.2. The summed E-state index contributed by atoms with van der Waals surface area (Å²) in [6.07, 6.45) is 3.28. The second-order valence-electron chi connectivity index (χ2n) is 8.54. The molecule has 2 aliphatic rings. The highest BCUT2D eigenvalue weighted by atomic mass is 32.2. The van der Waals surface area contributed by atoms with Gasteiger partial charge in [0, 0.05) is 25.1 Å². The summed E-state index contributed by atoms with van der Waals surface area (Å²) in [5, 5.41) is 2.82. The van der Waals surface area contributed by atoms with Crippen molar-refractivity contribution in [2.45, 2.75) is 57.6 Å². The SMILES string of the molecule is Cc1cc2c(o1)CC(C)(C)C[C@@H]2NC(=O)c1ccc(S(=O)(=O)N2CCCC2)o1. The second kappa shape index (κ2) is 6.77. The van der Waals surface area contributed by atoms with Crippen molar-refractivity contribution >= 4 is 15.9 Å². The summed E-state index contributed by atoms with van der Waals surface area (Å²) in [6, 6.07) is 4.54. The minimum absolute atomic E-state index is 0.00270. The summed E-state index contributed by atoms with van der Waals surface area (Å²) < 4.78 is 37.9. The van der Waals surface area contributed by atoms with Crippen molar-refractivity contribution in [3.63, 3.8) is 0 Å². The molecule has 3 heterocycles. The third kappa shape index (κ3) is 3.51. The number of hydrogen-bond donors (Lipinski definition) is 1. The molecule has 0 saturated carbocycles. The van der Waals surface area contributed by atoms with Gasteiger partial charge in [-0.1, -0.05) is 13.8 Å². The molecule has 1 aliphatic heterocycles. The molecule has 1 atom stereocenters. The molecule has 7 nitrogen and oxygen atoms in total. The van der Waals surface area contributed by atoms with E-state index in [-0.39, 0.29) is 22.3 Å². The Morgan fingerprint density at radius 3 is 2.64 bits per heavy atom. The number of nitrogens with one attached hydrogen (secondary N) is 1. The van der Waals surface area contributed by atoms with Gasteiger partial charge in [-0.25, -0.2) is 8.42 Å². The number of rotatable bonds is 4. The molecule has 1 amide bonds. The number of amides is 1. The Morgan fingerprint density at radius 2 is 1.93 bits per heavy atom. The molecule has 2 aromatic rings. The summed E-state index contributed by atoms with van der Waals surface area (Å²) >= 11 is 0. The predicted molar refractivity (Wildman–Crippen MR) is 102 cm³/mol. The molecule has 4 rings (SSSR count). The highest BCUT2D eigenvalue weighted by Gasteiger charge is 2.36. The molecular formula is C20H26N2O5S. The summed E-state index contributed by atoms with van der Waals surface area (Å²) in [5.74, 6) is 1.30.